The summed E-state index contributed by atoms with van der Waals surface area (Å²) in [6.45, 7) is 2.27. The molecule has 4 nitrogen and oxygen atoms in total. The van der Waals surface area contributed by atoms with Gasteiger partial charge < -0.3 is 10.6 Å². The van der Waals surface area contributed by atoms with Crippen molar-refractivity contribution >= 4 is 40.7 Å². The second-order valence-electron chi connectivity index (χ2n) is 6.33. The number of carbonyl (C=O) groups is 2. The SMILES string of the molecule is Cc1ccc(C(=O)Nc2cccc(CNC(=O)c3ccc(Cl)cc3Cl)c2)cc1. The first-order valence-corrected chi connectivity index (χ1v) is 9.38. The molecule has 0 saturated carbocycles. The number of rotatable bonds is 5. The van der Waals surface area contributed by atoms with Crippen LogP contribution in [0.3, 0.4) is 0 Å². The molecule has 0 fully saturated rings. The van der Waals surface area contributed by atoms with Crippen molar-refractivity contribution in [2.24, 2.45) is 0 Å². The average Bonchev–Trinajstić information content (AvgIpc) is 2.67. The topological polar surface area (TPSA) is 58.2 Å². The van der Waals surface area contributed by atoms with Crippen molar-refractivity contribution in [3.63, 3.8) is 0 Å². The van der Waals surface area contributed by atoms with Gasteiger partial charge in [-0.25, -0.2) is 0 Å². The van der Waals surface area contributed by atoms with Gasteiger partial charge in [0.2, 0.25) is 0 Å². The van der Waals surface area contributed by atoms with Gasteiger partial charge in [-0.3, -0.25) is 9.59 Å². The van der Waals surface area contributed by atoms with Gasteiger partial charge in [-0.15, -0.1) is 0 Å². The summed E-state index contributed by atoms with van der Waals surface area (Å²) < 4.78 is 0. The van der Waals surface area contributed by atoms with E-state index in [1.54, 1.807) is 30.3 Å². The molecule has 2 N–H and O–H groups in total. The normalized spacial score (nSPS) is 10.4. The summed E-state index contributed by atoms with van der Waals surface area (Å²) in [6.07, 6.45) is 0. The van der Waals surface area contributed by atoms with Crippen LogP contribution in [0.5, 0.6) is 0 Å². The van der Waals surface area contributed by atoms with E-state index in [-0.39, 0.29) is 11.8 Å². The minimum absolute atomic E-state index is 0.186. The number of aryl methyl sites for hydroxylation is 1. The van der Waals surface area contributed by atoms with Gasteiger partial charge in [-0.2, -0.15) is 0 Å². The highest BCUT2D eigenvalue weighted by Crippen LogP contribution is 2.21. The first-order chi connectivity index (χ1) is 13.4. The maximum Gasteiger partial charge on any atom is 0.255 e. The predicted octanol–water partition coefficient (Wildman–Crippen LogP) is 5.48. The van der Waals surface area contributed by atoms with Crippen molar-refractivity contribution in [1.82, 2.24) is 5.32 Å². The highest BCUT2D eigenvalue weighted by molar-refractivity contribution is 6.36. The molecule has 0 aliphatic rings. The van der Waals surface area contributed by atoms with Gasteiger partial charge in [0, 0.05) is 22.8 Å². The minimum Gasteiger partial charge on any atom is -0.348 e. The third kappa shape index (κ3) is 5.12. The molecule has 2 amide bonds. The van der Waals surface area contributed by atoms with Crippen LogP contribution in [-0.4, -0.2) is 11.8 Å². The van der Waals surface area contributed by atoms with Gasteiger partial charge >= 0.3 is 0 Å². The van der Waals surface area contributed by atoms with Gasteiger partial charge in [0.05, 0.1) is 10.6 Å². The minimum atomic E-state index is -0.296. The van der Waals surface area contributed by atoms with Crippen molar-refractivity contribution in [3.8, 4) is 0 Å². The Bertz CT molecular complexity index is 1020. The van der Waals surface area contributed by atoms with E-state index in [4.69, 9.17) is 23.2 Å². The Morgan fingerprint density at radius 1 is 0.893 bits per heavy atom. The molecular weight excluding hydrogens is 395 g/mol. The van der Waals surface area contributed by atoms with E-state index in [2.05, 4.69) is 10.6 Å². The highest BCUT2D eigenvalue weighted by atomic mass is 35.5. The Morgan fingerprint density at radius 3 is 2.36 bits per heavy atom. The molecule has 0 spiro atoms. The Labute approximate surface area is 173 Å². The third-order valence-electron chi connectivity index (χ3n) is 4.13. The monoisotopic (exact) mass is 412 g/mol. The fourth-order valence-electron chi connectivity index (χ4n) is 2.62. The third-order valence-corrected chi connectivity index (χ3v) is 4.68. The van der Waals surface area contributed by atoms with Crippen LogP contribution in [0.25, 0.3) is 0 Å². The fraction of sp³-hybridized carbons (Fsp3) is 0.0909. The van der Waals surface area contributed by atoms with Crippen molar-refractivity contribution in [3.05, 3.63) is 99.0 Å². The number of hydrogen-bond donors (Lipinski definition) is 2. The standard InChI is InChI=1S/C22H18Cl2N2O2/c1-14-5-7-16(8-6-14)21(27)26-18-4-2-3-15(11-18)13-25-22(28)19-10-9-17(23)12-20(19)24/h2-12H,13H2,1H3,(H,25,28)(H,26,27). The molecule has 0 bridgehead atoms. The Kier molecular flexibility index (Phi) is 6.34. The number of halogens is 2. The number of anilines is 1. The van der Waals surface area contributed by atoms with Gasteiger partial charge in [-0.1, -0.05) is 53.0 Å². The highest BCUT2D eigenvalue weighted by Gasteiger charge is 2.11. The molecule has 142 valence electrons. The van der Waals surface area contributed by atoms with Crippen LogP contribution in [0.1, 0.15) is 31.8 Å². The maximum atomic E-state index is 12.3. The van der Waals surface area contributed by atoms with Gasteiger partial charge in [0.25, 0.3) is 11.8 Å². The smallest absolute Gasteiger partial charge is 0.255 e. The van der Waals surface area contributed by atoms with Crippen LogP contribution in [0, 0.1) is 6.92 Å². The summed E-state index contributed by atoms with van der Waals surface area (Å²) in [6, 6.07) is 19.4. The number of benzene rings is 3. The zero-order chi connectivity index (χ0) is 20.1. The van der Waals surface area contributed by atoms with E-state index >= 15 is 0 Å². The van der Waals surface area contributed by atoms with Crippen LogP contribution < -0.4 is 10.6 Å². The van der Waals surface area contributed by atoms with E-state index in [0.29, 0.717) is 33.4 Å². The van der Waals surface area contributed by atoms with Crippen LogP contribution in [0.2, 0.25) is 10.0 Å². The molecule has 0 unspecified atom stereocenters. The first kappa shape index (κ1) is 19.9. The van der Waals surface area contributed by atoms with E-state index in [0.717, 1.165) is 11.1 Å². The molecule has 28 heavy (non-hydrogen) atoms. The van der Waals surface area contributed by atoms with Gasteiger partial charge in [0.15, 0.2) is 0 Å². The molecule has 6 heteroatoms. The van der Waals surface area contributed by atoms with Crippen molar-refractivity contribution in [2.75, 3.05) is 5.32 Å². The molecule has 0 radical (unpaired) electrons. The number of amides is 2. The largest absolute Gasteiger partial charge is 0.348 e. The summed E-state index contributed by atoms with van der Waals surface area (Å²) in [5.74, 6) is -0.482. The maximum absolute atomic E-state index is 12.3. The van der Waals surface area contributed by atoms with Crippen LogP contribution in [0.15, 0.2) is 66.7 Å². The van der Waals surface area contributed by atoms with E-state index in [1.165, 1.54) is 6.07 Å². The zero-order valence-corrected chi connectivity index (χ0v) is 16.6. The van der Waals surface area contributed by atoms with E-state index < -0.39 is 0 Å². The van der Waals surface area contributed by atoms with E-state index in [1.807, 2.05) is 37.3 Å². The van der Waals surface area contributed by atoms with Crippen molar-refractivity contribution < 1.29 is 9.59 Å². The Morgan fingerprint density at radius 2 is 1.64 bits per heavy atom. The lowest BCUT2D eigenvalue weighted by molar-refractivity contribution is 0.0950. The predicted molar refractivity (Wildman–Crippen MR) is 113 cm³/mol. The summed E-state index contributed by atoms with van der Waals surface area (Å²) in [4.78, 5) is 24.7. The van der Waals surface area contributed by atoms with Gasteiger partial charge in [0.1, 0.15) is 0 Å². The lowest BCUT2D eigenvalue weighted by Crippen LogP contribution is -2.23. The molecule has 3 aromatic rings. The molecule has 3 aromatic carbocycles. The van der Waals surface area contributed by atoms with Crippen molar-refractivity contribution in [1.29, 1.82) is 0 Å². The number of carbonyl (C=O) groups excluding carboxylic acids is 2. The van der Waals surface area contributed by atoms with Crippen LogP contribution >= 0.6 is 23.2 Å². The first-order valence-electron chi connectivity index (χ1n) is 8.62. The zero-order valence-electron chi connectivity index (χ0n) is 15.1. The summed E-state index contributed by atoms with van der Waals surface area (Å²) >= 11 is 11.9. The lowest BCUT2D eigenvalue weighted by Gasteiger charge is -2.10. The molecular formula is C22H18Cl2N2O2. The van der Waals surface area contributed by atoms with Crippen LogP contribution in [0.4, 0.5) is 5.69 Å². The molecule has 0 aromatic heterocycles. The summed E-state index contributed by atoms with van der Waals surface area (Å²) in [5.41, 5.74) is 3.54. The molecule has 0 atom stereocenters. The summed E-state index contributed by atoms with van der Waals surface area (Å²) in [7, 11) is 0. The lowest BCUT2D eigenvalue weighted by atomic mass is 10.1. The second kappa shape index (κ2) is 8.91. The molecule has 0 heterocycles. The number of hydrogen-bond acceptors (Lipinski definition) is 2. The average molecular weight is 413 g/mol. The second-order valence-corrected chi connectivity index (χ2v) is 7.17. The van der Waals surface area contributed by atoms with Crippen molar-refractivity contribution in [2.45, 2.75) is 13.5 Å². The van der Waals surface area contributed by atoms with Crippen LogP contribution in [-0.2, 0) is 6.54 Å². The fourth-order valence-corrected chi connectivity index (χ4v) is 3.11. The molecule has 0 aliphatic carbocycles. The molecule has 3 rings (SSSR count). The Balaban J connectivity index is 1.63. The summed E-state index contributed by atoms with van der Waals surface area (Å²) in [5, 5.41) is 6.45. The molecule has 0 aliphatic heterocycles. The molecule has 0 saturated heterocycles. The number of nitrogens with one attached hydrogen (secondary N) is 2. The van der Waals surface area contributed by atoms with E-state index in [9.17, 15) is 9.59 Å². The Hall–Kier alpha value is -2.82. The van der Waals surface area contributed by atoms with Gasteiger partial charge in [-0.05, 0) is 55.0 Å². The quantitative estimate of drug-likeness (QED) is 0.582.